The van der Waals surface area contributed by atoms with Crippen LogP contribution in [0.4, 0.5) is 5.69 Å². The lowest BCUT2D eigenvalue weighted by molar-refractivity contribution is 0.0600. The summed E-state index contributed by atoms with van der Waals surface area (Å²) in [7, 11) is 1.40. The van der Waals surface area contributed by atoms with Gasteiger partial charge in [-0.05, 0) is 29.8 Å². The van der Waals surface area contributed by atoms with Gasteiger partial charge in [0, 0.05) is 23.7 Å². The second-order valence-corrected chi connectivity index (χ2v) is 6.06. The maximum Gasteiger partial charge on any atom is 0.337 e. The van der Waals surface area contributed by atoms with E-state index in [9.17, 15) is 4.79 Å². The van der Waals surface area contributed by atoms with Crippen molar-refractivity contribution < 1.29 is 9.53 Å². The van der Waals surface area contributed by atoms with E-state index in [4.69, 9.17) is 4.74 Å². The van der Waals surface area contributed by atoms with Crippen LogP contribution in [0.1, 0.15) is 15.9 Å². The molecule has 2 aromatic rings. The third-order valence-corrected chi connectivity index (χ3v) is 4.62. The molecule has 4 heteroatoms. The molecular formula is C17H17NO2S. The number of anilines is 1. The number of hydrogen-bond acceptors (Lipinski definition) is 4. The zero-order valence-corrected chi connectivity index (χ0v) is 12.7. The molecule has 0 fully saturated rings. The lowest BCUT2D eigenvalue weighted by Crippen LogP contribution is -2.28. The van der Waals surface area contributed by atoms with Crippen LogP contribution in [-0.4, -0.2) is 25.4 Å². The third-order valence-electron chi connectivity index (χ3n) is 3.57. The van der Waals surface area contributed by atoms with Crippen LogP contribution in [0.5, 0.6) is 0 Å². The average Bonchev–Trinajstić information content (AvgIpc) is 2.55. The number of esters is 1. The Morgan fingerprint density at radius 1 is 1.19 bits per heavy atom. The fourth-order valence-electron chi connectivity index (χ4n) is 2.48. The van der Waals surface area contributed by atoms with Crippen molar-refractivity contribution in [3.63, 3.8) is 0 Å². The molecule has 0 radical (unpaired) electrons. The quantitative estimate of drug-likeness (QED) is 0.810. The fraction of sp³-hybridized carbons (Fsp3) is 0.235. The number of hydrogen-bond donors (Lipinski definition) is 0. The van der Waals surface area contributed by atoms with Crippen LogP contribution in [0, 0.1) is 0 Å². The Labute approximate surface area is 128 Å². The molecule has 2 aromatic carbocycles. The predicted molar refractivity (Wildman–Crippen MR) is 86.0 cm³/mol. The maximum absolute atomic E-state index is 11.4. The SMILES string of the molecule is COC(=O)c1ccc(CN2CCSc3ccccc32)cc1. The standard InChI is InChI=1S/C17H17NO2S/c1-20-17(19)14-8-6-13(7-9-14)12-18-10-11-21-16-5-3-2-4-15(16)18/h2-9H,10-12H2,1H3. The molecule has 108 valence electrons. The normalized spacial score (nSPS) is 13.7. The van der Waals surface area contributed by atoms with Crippen LogP contribution in [0.15, 0.2) is 53.4 Å². The number of rotatable bonds is 3. The van der Waals surface area contributed by atoms with Crippen molar-refractivity contribution in [2.45, 2.75) is 11.4 Å². The molecular weight excluding hydrogens is 282 g/mol. The number of nitrogens with zero attached hydrogens (tertiary/aromatic N) is 1. The predicted octanol–water partition coefficient (Wildman–Crippen LogP) is 3.59. The molecule has 0 aliphatic carbocycles. The second-order valence-electron chi connectivity index (χ2n) is 4.93. The minimum Gasteiger partial charge on any atom is -0.465 e. The largest absolute Gasteiger partial charge is 0.465 e. The molecule has 0 saturated heterocycles. The lowest BCUT2D eigenvalue weighted by atomic mass is 10.1. The van der Waals surface area contributed by atoms with Gasteiger partial charge in [0.2, 0.25) is 0 Å². The van der Waals surface area contributed by atoms with Crippen molar-refractivity contribution >= 4 is 23.4 Å². The van der Waals surface area contributed by atoms with Crippen molar-refractivity contribution in [1.29, 1.82) is 0 Å². The van der Waals surface area contributed by atoms with Crippen LogP contribution in [0.25, 0.3) is 0 Å². The van der Waals surface area contributed by atoms with Crippen LogP contribution >= 0.6 is 11.8 Å². The first kappa shape index (κ1) is 14.0. The summed E-state index contributed by atoms with van der Waals surface area (Å²) in [5, 5.41) is 0. The van der Waals surface area contributed by atoms with Crippen LogP contribution in [0.2, 0.25) is 0 Å². The van der Waals surface area contributed by atoms with Gasteiger partial charge >= 0.3 is 5.97 Å². The number of fused-ring (bicyclic) bond motifs is 1. The van der Waals surface area contributed by atoms with Gasteiger partial charge in [-0.3, -0.25) is 0 Å². The summed E-state index contributed by atoms with van der Waals surface area (Å²) in [4.78, 5) is 15.2. The highest BCUT2D eigenvalue weighted by atomic mass is 32.2. The van der Waals surface area contributed by atoms with Crippen LogP contribution < -0.4 is 4.90 Å². The average molecular weight is 299 g/mol. The number of thioether (sulfide) groups is 1. The second kappa shape index (κ2) is 6.22. The van der Waals surface area contributed by atoms with Gasteiger partial charge in [-0.25, -0.2) is 4.79 Å². The Balaban J connectivity index is 1.77. The molecule has 1 aliphatic heterocycles. The molecule has 0 spiro atoms. The van der Waals surface area contributed by atoms with Crippen molar-refractivity contribution in [2.75, 3.05) is 24.3 Å². The molecule has 0 aromatic heterocycles. The molecule has 1 heterocycles. The number of carbonyl (C=O) groups is 1. The highest BCUT2D eigenvalue weighted by molar-refractivity contribution is 7.99. The Morgan fingerprint density at radius 2 is 1.95 bits per heavy atom. The van der Waals surface area contributed by atoms with Gasteiger partial charge in [0.15, 0.2) is 0 Å². The smallest absolute Gasteiger partial charge is 0.337 e. The van der Waals surface area contributed by atoms with Crippen LogP contribution in [-0.2, 0) is 11.3 Å². The molecule has 21 heavy (non-hydrogen) atoms. The number of para-hydroxylation sites is 1. The number of methoxy groups -OCH3 is 1. The van der Waals surface area contributed by atoms with Gasteiger partial charge in [-0.1, -0.05) is 24.3 Å². The Kier molecular flexibility index (Phi) is 4.15. The molecule has 0 unspecified atom stereocenters. The van der Waals surface area contributed by atoms with Crippen molar-refractivity contribution in [1.82, 2.24) is 0 Å². The van der Waals surface area contributed by atoms with Gasteiger partial charge in [-0.15, -0.1) is 11.8 Å². The lowest BCUT2D eigenvalue weighted by Gasteiger charge is -2.30. The summed E-state index contributed by atoms with van der Waals surface area (Å²) in [5.41, 5.74) is 3.09. The Hall–Kier alpha value is -1.94. The highest BCUT2D eigenvalue weighted by Crippen LogP contribution is 2.35. The summed E-state index contributed by atoms with van der Waals surface area (Å²) >= 11 is 1.91. The number of carbonyl (C=O) groups excluding carboxylic acids is 1. The van der Waals surface area contributed by atoms with Gasteiger partial charge < -0.3 is 9.64 Å². The van der Waals surface area contributed by atoms with E-state index in [1.165, 1.54) is 23.3 Å². The van der Waals surface area contributed by atoms with E-state index in [2.05, 4.69) is 29.2 Å². The summed E-state index contributed by atoms with van der Waals surface area (Å²) < 4.78 is 4.72. The molecule has 3 rings (SSSR count). The molecule has 1 aliphatic rings. The Morgan fingerprint density at radius 3 is 2.71 bits per heavy atom. The van der Waals surface area contributed by atoms with Crippen molar-refractivity contribution in [3.05, 3.63) is 59.7 Å². The molecule has 3 nitrogen and oxygen atoms in total. The summed E-state index contributed by atoms with van der Waals surface area (Å²) in [6.45, 7) is 1.90. The first-order valence-corrected chi connectivity index (χ1v) is 7.90. The minimum atomic E-state index is -0.290. The molecule has 0 amide bonds. The monoisotopic (exact) mass is 299 g/mol. The van der Waals surface area contributed by atoms with Gasteiger partial charge in [-0.2, -0.15) is 0 Å². The van der Waals surface area contributed by atoms with Gasteiger partial charge in [0.05, 0.1) is 18.4 Å². The summed E-state index contributed by atoms with van der Waals surface area (Å²) in [5.74, 6) is 0.818. The maximum atomic E-state index is 11.4. The van der Waals surface area contributed by atoms with E-state index in [0.717, 1.165) is 18.8 Å². The first-order chi connectivity index (χ1) is 10.3. The van der Waals surface area contributed by atoms with Gasteiger partial charge in [0.1, 0.15) is 0 Å². The molecule has 0 bridgehead atoms. The summed E-state index contributed by atoms with van der Waals surface area (Å²) in [6.07, 6.45) is 0. The highest BCUT2D eigenvalue weighted by Gasteiger charge is 2.16. The van der Waals surface area contributed by atoms with E-state index in [1.807, 2.05) is 36.0 Å². The molecule has 0 atom stereocenters. The zero-order valence-electron chi connectivity index (χ0n) is 11.9. The van der Waals surface area contributed by atoms with E-state index in [-0.39, 0.29) is 5.97 Å². The zero-order chi connectivity index (χ0) is 14.7. The Bertz CT molecular complexity index is 639. The number of ether oxygens (including phenoxy) is 1. The third kappa shape index (κ3) is 3.05. The van der Waals surface area contributed by atoms with Crippen molar-refractivity contribution in [3.8, 4) is 0 Å². The van der Waals surface area contributed by atoms with E-state index < -0.39 is 0 Å². The first-order valence-electron chi connectivity index (χ1n) is 6.92. The van der Waals surface area contributed by atoms with E-state index >= 15 is 0 Å². The van der Waals surface area contributed by atoms with Gasteiger partial charge in [0.25, 0.3) is 0 Å². The van der Waals surface area contributed by atoms with Crippen molar-refractivity contribution in [2.24, 2.45) is 0 Å². The van der Waals surface area contributed by atoms with Crippen LogP contribution in [0.3, 0.4) is 0 Å². The van der Waals surface area contributed by atoms with E-state index in [0.29, 0.717) is 5.56 Å². The topological polar surface area (TPSA) is 29.5 Å². The fourth-order valence-corrected chi connectivity index (χ4v) is 3.53. The minimum absolute atomic E-state index is 0.290. The summed E-state index contributed by atoms with van der Waals surface area (Å²) in [6, 6.07) is 16.2. The molecule has 0 saturated carbocycles. The van der Waals surface area contributed by atoms with E-state index in [1.54, 1.807) is 0 Å². The molecule has 0 N–H and O–H groups in total. The number of benzene rings is 2.